The third kappa shape index (κ3) is 7.52. The lowest BCUT2D eigenvalue weighted by atomic mass is 9.84. The molecule has 0 spiro atoms. The van der Waals surface area contributed by atoms with Gasteiger partial charge in [0.15, 0.2) is 6.61 Å². The van der Waals surface area contributed by atoms with Gasteiger partial charge in [0.05, 0.1) is 12.5 Å². The number of benzene rings is 2. The first kappa shape index (κ1) is 27.6. The fourth-order valence-electron chi connectivity index (χ4n) is 3.97. The molecule has 0 radical (unpaired) electrons. The summed E-state index contributed by atoms with van der Waals surface area (Å²) in [6.45, 7) is 10.3. The molecular weight excluding hydrogens is 470 g/mol. The van der Waals surface area contributed by atoms with Crippen LogP contribution in [-0.2, 0) is 25.7 Å². The number of ether oxygens (including phenoxy) is 1. The summed E-state index contributed by atoms with van der Waals surface area (Å²) >= 11 is 0. The molecule has 0 saturated heterocycles. The number of rotatable bonds is 9. The van der Waals surface area contributed by atoms with Gasteiger partial charge in [-0.2, -0.15) is 0 Å². The Kier molecular flexibility index (Phi) is 8.86. The highest BCUT2D eigenvalue weighted by atomic mass is 16.5. The van der Waals surface area contributed by atoms with Gasteiger partial charge in [-0.05, 0) is 40.8 Å². The summed E-state index contributed by atoms with van der Waals surface area (Å²) in [5.41, 5.74) is 2.76. The second kappa shape index (κ2) is 11.9. The minimum Gasteiger partial charge on any atom is -0.478 e. The van der Waals surface area contributed by atoms with E-state index in [0.717, 1.165) is 23.6 Å². The molecule has 2 unspecified atom stereocenters. The van der Waals surface area contributed by atoms with Crippen molar-refractivity contribution >= 4 is 35.4 Å². The number of hydrogen-bond donors (Lipinski definition) is 2. The third-order valence-electron chi connectivity index (χ3n) is 6.21. The normalized spacial score (nSPS) is 15.6. The van der Waals surface area contributed by atoms with Crippen molar-refractivity contribution in [3.05, 3.63) is 71.3 Å². The number of hydrazone groups is 1. The Morgan fingerprint density at radius 1 is 1.19 bits per heavy atom. The molecule has 8 heteroatoms. The minimum atomic E-state index is -1.03. The van der Waals surface area contributed by atoms with E-state index in [-0.39, 0.29) is 35.7 Å². The molecule has 196 valence electrons. The van der Waals surface area contributed by atoms with Crippen LogP contribution in [0.15, 0.2) is 59.7 Å². The summed E-state index contributed by atoms with van der Waals surface area (Å²) < 4.78 is 5.50. The van der Waals surface area contributed by atoms with Crippen LogP contribution in [0.2, 0.25) is 0 Å². The summed E-state index contributed by atoms with van der Waals surface area (Å²) in [6, 6.07) is 14.7. The number of nitrogens with one attached hydrogen (secondary N) is 1. The van der Waals surface area contributed by atoms with E-state index in [0.29, 0.717) is 23.7 Å². The van der Waals surface area contributed by atoms with Crippen molar-refractivity contribution in [3.63, 3.8) is 0 Å². The molecule has 0 aromatic heterocycles. The Balaban J connectivity index is 1.77. The first-order valence-corrected chi connectivity index (χ1v) is 12.4. The minimum absolute atomic E-state index is 0.0300. The Morgan fingerprint density at radius 3 is 2.51 bits per heavy atom. The Bertz CT molecular complexity index is 1190. The first-order chi connectivity index (χ1) is 17.5. The van der Waals surface area contributed by atoms with Crippen LogP contribution in [0.5, 0.6) is 0 Å². The van der Waals surface area contributed by atoms with Crippen molar-refractivity contribution in [3.8, 4) is 0 Å². The average molecular weight is 506 g/mol. The second-order valence-corrected chi connectivity index (χ2v) is 10.3. The van der Waals surface area contributed by atoms with Gasteiger partial charge in [-0.1, -0.05) is 77.4 Å². The predicted octanol–water partition coefficient (Wildman–Crippen LogP) is 5.27. The van der Waals surface area contributed by atoms with Crippen LogP contribution < -0.4 is 5.32 Å². The molecule has 2 N–H and O–H groups in total. The molecule has 2 aromatic carbocycles. The highest BCUT2D eigenvalue weighted by Gasteiger charge is 2.30. The quantitative estimate of drug-likeness (QED) is 0.451. The maximum atomic E-state index is 13.4. The van der Waals surface area contributed by atoms with Gasteiger partial charge in [-0.3, -0.25) is 9.59 Å². The molecule has 8 nitrogen and oxygen atoms in total. The highest BCUT2D eigenvalue weighted by molar-refractivity contribution is 5.96. The predicted molar refractivity (Wildman–Crippen MR) is 144 cm³/mol. The van der Waals surface area contributed by atoms with Gasteiger partial charge >= 0.3 is 5.97 Å². The van der Waals surface area contributed by atoms with Gasteiger partial charge in [-0.25, -0.2) is 9.80 Å². The molecule has 1 aliphatic rings. The van der Waals surface area contributed by atoms with Crippen molar-refractivity contribution in [1.82, 2.24) is 5.01 Å². The van der Waals surface area contributed by atoms with Gasteiger partial charge in [-0.15, -0.1) is 5.10 Å². The van der Waals surface area contributed by atoms with E-state index in [2.05, 4.69) is 10.4 Å². The zero-order valence-electron chi connectivity index (χ0n) is 22.0. The van der Waals surface area contributed by atoms with Gasteiger partial charge < -0.3 is 15.2 Å². The summed E-state index contributed by atoms with van der Waals surface area (Å²) in [6.07, 6.45) is 3.36. The molecule has 0 aliphatic carbocycles. The van der Waals surface area contributed by atoms with E-state index >= 15 is 0 Å². The second-order valence-electron chi connectivity index (χ2n) is 10.3. The molecule has 2 aromatic rings. The lowest BCUT2D eigenvalue weighted by Crippen LogP contribution is -2.40. The maximum absolute atomic E-state index is 13.4. The van der Waals surface area contributed by atoms with Crippen molar-refractivity contribution in [1.29, 1.82) is 0 Å². The molecule has 37 heavy (non-hydrogen) atoms. The monoisotopic (exact) mass is 505 g/mol. The molecule has 1 aliphatic heterocycles. The van der Waals surface area contributed by atoms with E-state index in [1.165, 1.54) is 11.1 Å². The summed E-state index contributed by atoms with van der Waals surface area (Å²) in [4.78, 5) is 36.5. The largest absolute Gasteiger partial charge is 0.478 e. The molecule has 2 amide bonds. The molecule has 0 fully saturated rings. The number of aliphatic carboxylic acids is 1. The van der Waals surface area contributed by atoms with Crippen molar-refractivity contribution < 1.29 is 24.2 Å². The van der Waals surface area contributed by atoms with Gasteiger partial charge in [0.25, 0.3) is 5.91 Å². The van der Waals surface area contributed by atoms with Crippen molar-refractivity contribution in [2.75, 3.05) is 11.9 Å². The average Bonchev–Trinajstić information content (AvgIpc) is 2.84. The lowest BCUT2D eigenvalue weighted by molar-refractivity contribution is -0.136. The zero-order chi connectivity index (χ0) is 27.2. The fourth-order valence-corrected chi connectivity index (χ4v) is 3.97. The SMILES string of the molecule is CCC(C)C(C(=O)Nc1cccc(/C=C/C(=O)O)c1)c1ccc(CN2N=C(C(C)(C)C)OCC2=O)cc1. The Morgan fingerprint density at radius 2 is 1.89 bits per heavy atom. The van der Waals surface area contributed by atoms with Crippen molar-refractivity contribution in [2.24, 2.45) is 16.4 Å². The fraction of sp³-hybridized carbons (Fsp3) is 0.379. The standard InChI is InChI=1S/C29H35N3O5/c1-6-19(2)26(27(36)30-23-9-7-8-20(16-23)12-15-25(34)35)22-13-10-21(11-14-22)17-32-24(33)18-37-28(31-32)29(3,4)5/h7-16,19,26H,6,17-18H2,1-5H3,(H,30,36)(H,34,35)/b15-12+. The van der Waals surface area contributed by atoms with Gasteiger partial charge in [0.2, 0.25) is 11.8 Å². The Hall–Kier alpha value is -3.94. The lowest BCUT2D eigenvalue weighted by Gasteiger charge is -2.29. The number of nitrogens with zero attached hydrogens (tertiary/aromatic N) is 2. The molecule has 3 rings (SSSR count). The van der Waals surface area contributed by atoms with Gasteiger partial charge in [0, 0.05) is 17.2 Å². The van der Waals surface area contributed by atoms with Gasteiger partial charge in [0.1, 0.15) is 0 Å². The topological polar surface area (TPSA) is 108 Å². The Labute approximate surface area is 218 Å². The summed E-state index contributed by atoms with van der Waals surface area (Å²) in [7, 11) is 0. The molecule has 0 bridgehead atoms. The third-order valence-corrected chi connectivity index (χ3v) is 6.21. The number of carboxylic acids is 1. The highest BCUT2D eigenvalue weighted by Crippen LogP contribution is 2.30. The van der Waals surface area contributed by atoms with Crippen LogP contribution in [0.4, 0.5) is 5.69 Å². The number of anilines is 1. The first-order valence-electron chi connectivity index (χ1n) is 12.4. The molecule has 2 atom stereocenters. The number of carboxylic acid groups (broad SMARTS) is 1. The number of amides is 2. The summed E-state index contributed by atoms with van der Waals surface area (Å²) in [5.74, 6) is -1.14. The smallest absolute Gasteiger partial charge is 0.328 e. The van der Waals surface area contributed by atoms with E-state index < -0.39 is 5.97 Å². The number of carbonyl (C=O) groups excluding carboxylic acids is 2. The molecular formula is C29H35N3O5. The number of carbonyl (C=O) groups is 3. The van der Waals surface area contributed by atoms with Crippen LogP contribution in [-0.4, -0.2) is 40.4 Å². The van der Waals surface area contributed by atoms with Crippen LogP contribution in [0.1, 0.15) is 63.6 Å². The molecule has 0 saturated carbocycles. The van der Waals surface area contributed by atoms with Crippen LogP contribution >= 0.6 is 0 Å². The van der Waals surface area contributed by atoms with Crippen LogP contribution in [0.25, 0.3) is 6.08 Å². The zero-order valence-corrected chi connectivity index (χ0v) is 22.0. The molecule has 1 heterocycles. The van der Waals surface area contributed by atoms with E-state index in [9.17, 15) is 14.4 Å². The van der Waals surface area contributed by atoms with E-state index in [4.69, 9.17) is 9.84 Å². The number of hydrogen-bond acceptors (Lipinski definition) is 5. The van der Waals surface area contributed by atoms with Crippen LogP contribution in [0, 0.1) is 11.3 Å². The van der Waals surface area contributed by atoms with Crippen molar-refractivity contribution in [2.45, 2.75) is 53.5 Å². The van der Waals surface area contributed by atoms with E-state index in [1.54, 1.807) is 24.3 Å². The van der Waals surface area contributed by atoms with E-state index in [1.807, 2.05) is 58.9 Å². The van der Waals surface area contributed by atoms with Crippen LogP contribution in [0.3, 0.4) is 0 Å². The summed E-state index contributed by atoms with van der Waals surface area (Å²) in [5, 5.41) is 17.7. The maximum Gasteiger partial charge on any atom is 0.328 e.